The highest BCUT2D eigenvalue weighted by atomic mass is 15.2. The zero-order chi connectivity index (χ0) is 13.7. The normalized spacial score (nSPS) is 25.7. The van der Waals surface area contributed by atoms with E-state index in [4.69, 9.17) is 0 Å². The highest BCUT2D eigenvalue weighted by Gasteiger charge is 2.23. The molecule has 4 nitrogen and oxygen atoms in total. The molecule has 19 heavy (non-hydrogen) atoms. The molecule has 2 heterocycles. The van der Waals surface area contributed by atoms with Crippen LogP contribution in [0.1, 0.15) is 33.6 Å². The molecule has 0 bridgehead atoms. The Bertz CT molecular complexity index is 347. The lowest BCUT2D eigenvalue weighted by molar-refractivity contribution is 0.187. The molecule has 1 aliphatic rings. The standard InChI is InChI=1S/C15H28N4/c1-13(2)15-11-19(14(3)5-6-17-15)9-4-8-18-10-7-16-12-18/h7,10,12-15,17H,4-6,8-9,11H2,1-3H3. The van der Waals surface area contributed by atoms with Crippen molar-refractivity contribution >= 4 is 0 Å². The number of nitrogens with zero attached hydrogens (tertiary/aromatic N) is 3. The van der Waals surface area contributed by atoms with Crippen molar-refractivity contribution in [2.45, 2.75) is 52.2 Å². The van der Waals surface area contributed by atoms with Gasteiger partial charge in [-0.1, -0.05) is 13.8 Å². The summed E-state index contributed by atoms with van der Waals surface area (Å²) in [6.07, 6.45) is 8.27. The fourth-order valence-electron chi connectivity index (χ4n) is 2.79. The summed E-state index contributed by atoms with van der Waals surface area (Å²) in [6, 6.07) is 1.33. The van der Waals surface area contributed by atoms with Gasteiger partial charge in [-0.2, -0.15) is 0 Å². The number of hydrogen-bond acceptors (Lipinski definition) is 3. The first-order valence-electron chi connectivity index (χ1n) is 7.60. The highest BCUT2D eigenvalue weighted by molar-refractivity contribution is 4.83. The summed E-state index contributed by atoms with van der Waals surface area (Å²) in [5.41, 5.74) is 0. The first-order chi connectivity index (χ1) is 9.16. The van der Waals surface area contributed by atoms with E-state index in [-0.39, 0.29) is 0 Å². The molecule has 0 saturated carbocycles. The molecule has 1 aliphatic heterocycles. The topological polar surface area (TPSA) is 33.1 Å². The minimum absolute atomic E-state index is 0.637. The summed E-state index contributed by atoms with van der Waals surface area (Å²) in [5.74, 6) is 0.710. The molecular formula is C15H28N4. The summed E-state index contributed by atoms with van der Waals surface area (Å²) < 4.78 is 2.17. The molecule has 1 fully saturated rings. The Morgan fingerprint density at radius 1 is 1.37 bits per heavy atom. The van der Waals surface area contributed by atoms with Gasteiger partial charge in [0.2, 0.25) is 0 Å². The summed E-state index contributed by atoms with van der Waals surface area (Å²) in [6.45, 7) is 11.6. The Hall–Kier alpha value is -0.870. The van der Waals surface area contributed by atoms with Gasteiger partial charge in [0.05, 0.1) is 6.33 Å². The Kier molecular flexibility index (Phi) is 5.40. The largest absolute Gasteiger partial charge is 0.337 e. The van der Waals surface area contributed by atoms with E-state index in [1.165, 1.54) is 25.9 Å². The van der Waals surface area contributed by atoms with Crippen LogP contribution in [0.25, 0.3) is 0 Å². The lowest BCUT2D eigenvalue weighted by Gasteiger charge is -2.30. The van der Waals surface area contributed by atoms with Gasteiger partial charge in [-0.25, -0.2) is 4.98 Å². The first-order valence-corrected chi connectivity index (χ1v) is 7.60. The third-order valence-electron chi connectivity index (χ3n) is 4.25. The van der Waals surface area contributed by atoms with Gasteiger partial charge in [0.1, 0.15) is 0 Å². The Morgan fingerprint density at radius 3 is 2.89 bits per heavy atom. The fourth-order valence-corrected chi connectivity index (χ4v) is 2.79. The fraction of sp³-hybridized carbons (Fsp3) is 0.800. The van der Waals surface area contributed by atoms with Crippen LogP contribution in [0.5, 0.6) is 0 Å². The first kappa shape index (κ1) is 14.5. The number of aromatic nitrogens is 2. The second-order valence-electron chi connectivity index (χ2n) is 6.09. The van der Waals surface area contributed by atoms with Crippen LogP contribution >= 0.6 is 0 Å². The molecule has 0 radical (unpaired) electrons. The van der Waals surface area contributed by atoms with E-state index in [1.807, 2.05) is 18.7 Å². The number of nitrogens with one attached hydrogen (secondary N) is 1. The van der Waals surface area contributed by atoms with Gasteiger partial charge in [0.25, 0.3) is 0 Å². The quantitative estimate of drug-likeness (QED) is 0.883. The number of aryl methyl sites for hydroxylation is 1. The molecule has 2 rings (SSSR count). The van der Waals surface area contributed by atoms with Crippen LogP contribution in [0.4, 0.5) is 0 Å². The minimum Gasteiger partial charge on any atom is -0.337 e. The van der Waals surface area contributed by atoms with E-state index in [1.54, 1.807) is 0 Å². The molecular weight excluding hydrogens is 236 g/mol. The van der Waals surface area contributed by atoms with E-state index in [9.17, 15) is 0 Å². The van der Waals surface area contributed by atoms with Gasteiger partial charge in [0, 0.05) is 44.1 Å². The second-order valence-corrected chi connectivity index (χ2v) is 6.09. The predicted molar refractivity (Wildman–Crippen MR) is 79.1 cm³/mol. The van der Waals surface area contributed by atoms with Gasteiger partial charge in [-0.15, -0.1) is 0 Å². The summed E-state index contributed by atoms with van der Waals surface area (Å²) in [5, 5.41) is 3.69. The van der Waals surface area contributed by atoms with Gasteiger partial charge < -0.3 is 9.88 Å². The Balaban J connectivity index is 1.81. The van der Waals surface area contributed by atoms with Crippen LogP contribution in [-0.4, -0.2) is 46.2 Å². The molecule has 2 unspecified atom stereocenters. The monoisotopic (exact) mass is 264 g/mol. The van der Waals surface area contributed by atoms with E-state index < -0.39 is 0 Å². The predicted octanol–water partition coefficient (Wildman–Crippen LogP) is 1.98. The highest BCUT2D eigenvalue weighted by Crippen LogP contribution is 2.14. The van der Waals surface area contributed by atoms with Crippen molar-refractivity contribution in [2.75, 3.05) is 19.6 Å². The van der Waals surface area contributed by atoms with Crippen LogP contribution < -0.4 is 5.32 Å². The average molecular weight is 264 g/mol. The third-order valence-corrected chi connectivity index (χ3v) is 4.25. The van der Waals surface area contributed by atoms with Crippen LogP contribution in [0.3, 0.4) is 0 Å². The lowest BCUT2D eigenvalue weighted by Crippen LogP contribution is -2.43. The average Bonchev–Trinajstić information content (AvgIpc) is 2.81. The lowest BCUT2D eigenvalue weighted by atomic mass is 10.0. The Labute approximate surface area is 117 Å². The molecule has 2 atom stereocenters. The molecule has 1 N–H and O–H groups in total. The van der Waals surface area contributed by atoms with Gasteiger partial charge in [-0.05, 0) is 32.2 Å². The molecule has 108 valence electrons. The van der Waals surface area contributed by atoms with Gasteiger partial charge in [0.15, 0.2) is 0 Å². The molecule has 1 saturated heterocycles. The maximum absolute atomic E-state index is 4.09. The molecule has 0 aromatic carbocycles. The zero-order valence-corrected chi connectivity index (χ0v) is 12.5. The summed E-state index contributed by atoms with van der Waals surface area (Å²) in [7, 11) is 0. The SMILES string of the molecule is CC(C)C1CN(CCCn2ccnc2)C(C)CCN1. The van der Waals surface area contributed by atoms with Crippen molar-refractivity contribution in [1.29, 1.82) is 0 Å². The summed E-state index contributed by atoms with van der Waals surface area (Å²) in [4.78, 5) is 6.75. The smallest absolute Gasteiger partial charge is 0.0945 e. The number of rotatable bonds is 5. The van der Waals surface area contributed by atoms with Crippen LogP contribution in [0.15, 0.2) is 18.7 Å². The van der Waals surface area contributed by atoms with Crippen molar-refractivity contribution in [1.82, 2.24) is 19.8 Å². The zero-order valence-electron chi connectivity index (χ0n) is 12.5. The maximum atomic E-state index is 4.09. The van der Waals surface area contributed by atoms with E-state index in [0.29, 0.717) is 18.0 Å². The van der Waals surface area contributed by atoms with Crippen molar-refractivity contribution in [3.8, 4) is 0 Å². The van der Waals surface area contributed by atoms with Gasteiger partial charge >= 0.3 is 0 Å². The second kappa shape index (κ2) is 7.06. The van der Waals surface area contributed by atoms with Crippen LogP contribution in [0, 0.1) is 5.92 Å². The molecule has 0 amide bonds. The Morgan fingerprint density at radius 2 is 2.21 bits per heavy atom. The van der Waals surface area contributed by atoms with E-state index in [0.717, 1.165) is 13.1 Å². The van der Waals surface area contributed by atoms with E-state index in [2.05, 4.69) is 40.5 Å². The minimum atomic E-state index is 0.637. The van der Waals surface area contributed by atoms with Crippen molar-refractivity contribution in [2.24, 2.45) is 5.92 Å². The third kappa shape index (κ3) is 4.32. The molecule has 1 aromatic heterocycles. The molecule has 0 spiro atoms. The van der Waals surface area contributed by atoms with Crippen LogP contribution in [0.2, 0.25) is 0 Å². The molecule has 1 aromatic rings. The van der Waals surface area contributed by atoms with Crippen molar-refractivity contribution in [3.63, 3.8) is 0 Å². The maximum Gasteiger partial charge on any atom is 0.0945 e. The molecule has 4 heteroatoms. The van der Waals surface area contributed by atoms with Crippen molar-refractivity contribution < 1.29 is 0 Å². The number of imidazole rings is 1. The van der Waals surface area contributed by atoms with E-state index >= 15 is 0 Å². The number of hydrogen-bond donors (Lipinski definition) is 1. The molecule has 0 aliphatic carbocycles. The van der Waals surface area contributed by atoms with Crippen LogP contribution in [-0.2, 0) is 6.54 Å². The van der Waals surface area contributed by atoms with Crippen molar-refractivity contribution in [3.05, 3.63) is 18.7 Å². The van der Waals surface area contributed by atoms with Gasteiger partial charge in [-0.3, -0.25) is 4.90 Å². The summed E-state index contributed by atoms with van der Waals surface area (Å²) >= 11 is 0.